The second kappa shape index (κ2) is 12.0. The number of halogens is 3. The smallest absolute Gasteiger partial charge is 0.444 e. The molecular formula is C18H31F3N2O6S. The van der Waals surface area contributed by atoms with E-state index in [-0.39, 0.29) is 37.0 Å². The summed E-state index contributed by atoms with van der Waals surface area (Å²) in [6.07, 6.45) is 3.64. The molecule has 0 aliphatic carbocycles. The van der Waals surface area contributed by atoms with Crippen LogP contribution < -0.4 is 0 Å². The predicted octanol–water partition coefficient (Wildman–Crippen LogP) is 3.64. The van der Waals surface area contributed by atoms with Crippen molar-refractivity contribution in [2.75, 3.05) is 26.2 Å². The molecule has 0 radical (unpaired) electrons. The molecule has 8 nitrogen and oxygen atoms in total. The lowest BCUT2D eigenvalue weighted by Crippen LogP contribution is -2.34. The molecule has 0 atom stereocenters. The first-order valence-corrected chi connectivity index (χ1v) is 11.0. The van der Waals surface area contributed by atoms with Crippen molar-refractivity contribution in [1.29, 1.82) is 0 Å². The van der Waals surface area contributed by atoms with Gasteiger partial charge < -0.3 is 18.7 Å². The maximum Gasteiger partial charge on any atom is 0.534 e. The molecule has 30 heavy (non-hydrogen) atoms. The van der Waals surface area contributed by atoms with Gasteiger partial charge in [-0.1, -0.05) is 13.8 Å². The summed E-state index contributed by atoms with van der Waals surface area (Å²) in [4.78, 5) is 24.7. The van der Waals surface area contributed by atoms with Crippen molar-refractivity contribution >= 4 is 22.6 Å². The molecule has 0 spiro atoms. The van der Waals surface area contributed by atoms with Crippen LogP contribution in [0.1, 0.15) is 53.9 Å². The van der Waals surface area contributed by atoms with Gasteiger partial charge in [0, 0.05) is 32.6 Å². The highest BCUT2D eigenvalue weighted by Gasteiger charge is 2.48. The zero-order chi connectivity index (χ0) is 23.6. The molecule has 1 fully saturated rings. The lowest BCUT2D eigenvalue weighted by molar-refractivity contribution is -0.118. The van der Waals surface area contributed by atoms with Crippen LogP contribution >= 0.6 is 0 Å². The maximum atomic E-state index is 11.9. The molecular weight excluding hydrogens is 429 g/mol. The van der Waals surface area contributed by atoms with Crippen LogP contribution in [0.25, 0.3) is 0 Å². The zero-order valence-corrected chi connectivity index (χ0v) is 18.8. The highest BCUT2D eigenvalue weighted by atomic mass is 32.2. The summed E-state index contributed by atoms with van der Waals surface area (Å²) in [5.74, 6) is -0.296. The summed E-state index contributed by atoms with van der Waals surface area (Å²) in [5.41, 5.74) is -5.80. The summed E-state index contributed by atoms with van der Waals surface area (Å²) in [5, 5.41) is 0. The van der Waals surface area contributed by atoms with Crippen LogP contribution in [0, 0.1) is 0 Å². The molecule has 2 aliphatic rings. The van der Waals surface area contributed by atoms with E-state index in [2.05, 4.69) is 4.18 Å². The third kappa shape index (κ3) is 10.2. The molecule has 12 heteroatoms. The molecule has 0 bridgehead atoms. The van der Waals surface area contributed by atoms with E-state index in [1.54, 1.807) is 4.90 Å². The van der Waals surface area contributed by atoms with Crippen molar-refractivity contribution in [3.05, 3.63) is 11.8 Å². The fourth-order valence-electron chi connectivity index (χ4n) is 2.25. The van der Waals surface area contributed by atoms with Crippen LogP contribution in [0.15, 0.2) is 11.8 Å². The first kappa shape index (κ1) is 28.0. The fraction of sp³-hybridized carbons (Fsp3) is 0.778. The van der Waals surface area contributed by atoms with Gasteiger partial charge in [0.15, 0.2) is 0 Å². The summed E-state index contributed by atoms with van der Waals surface area (Å²) < 4.78 is 66.1. The molecule has 2 rings (SSSR count). The number of likely N-dealkylation sites (tertiary alicyclic amines) is 1. The fourth-order valence-corrected chi connectivity index (χ4v) is 2.78. The van der Waals surface area contributed by atoms with Crippen molar-refractivity contribution in [2.45, 2.75) is 65.0 Å². The quantitative estimate of drug-likeness (QED) is 0.363. The molecule has 176 valence electrons. The Balaban J connectivity index is 0.000000535. The van der Waals surface area contributed by atoms with E-state index in [0.29, 0.717) is 6.41 Å². The van der Waals surface area contributed by atoms with E-state index in [0.717, 1.165) is 32.0 Å². The van der Waals surface area contributed by atoms with Gasteiger partial charge in [0.05, 0.1) is 0 Å². The van der Waals surface area contributed by atoms with Gasteiger partial charge in [0.1, 0.15) is 11.4 Å². The van der Waals surface area contributed by atoms with Crippen molar-refractivity contribution in [3.63, 3.8) is 0 Å². The second-order valence-corrected chi connectivity index (χ2v) is 8.72. The molecule has 0 saturated carbocycles. The van der Waals surface area contributed by atoms with Crippen LogP contribution in [-0.2, 0) is 23.8 Å². The standard InChI is InChI=1S/C9H17NO2.C7H8F3NO4S.C2H6/c1-9(2,3)12-8(11)10-6-4-5-7-10;8-7(9,10)16(13,14)15-6-1-3-11(5-12)4-2-6;1-2/h4-7H2,1-3H3;1,5H,2-4H2;1-2H3. The second-order valence-electron chi connectivity index (χ2n) is 7.18. The van der Waals surface area contributed by atoms with Crippen LogP contribution in [-0.4, -0.2) is 68.0 Å². The monoisotopic (exact) mass is 460 g/mol. The summed E-state index contributed by atoms with van der Waals surface area (Å²) >= 11 is 0. The van der Waals surface area contributed by atoms with E-state index >= 15 is 0 Å². The van der Waals surface area contributed by atoms with Gasteiger partial charge in [0.2, 0.25) is 6.41 Å². The van der Waals surface area contributed by atoms with Gasteiger partial charge in [-0.25, -0.2) is 4.79 Å². The molecule has 0 unspecified atom stereocenters. The Morgan fingerprint density at radius 3 is 2.00 bits per heavy atom. The highest BCUT2D eigenvalue weighted by Crippen LogP contribution is 2.28. The zero-order valence-electron chi connectivity index (χ0n) is 18.0. The Bertz CT molecular complexity index is 681. The minimum Gasteiger partial charge on any atom is -0.444 e. The number of amides is 2. The van der Waals surface area contributed by atoms with Gasteiger partial charge in [-0.2, -0.15) is 21.6 Å². The predicted molar refractivity (Wildman–Crippen MR) is 105 cm³/mol. The molecule has 0 aromatic rings. The minimum atomic E-state index is -5.60. The van der Waals surface area contributed by atoms with E-state index in [1.807, 2.05) is 34.6 Å². The Kier molecular flexibility index (Phi) is 11.2. The molecule has 0 aromatic carbocycles. The maximum absolute atomic E-state index is 11.9. The summed E-state index contributed by atoms with van der Waals surface area (Å²) in [6.45, 7) is 11.5. The van der Waals surface area contributed by atoms with E-state index < -0.39 is 15.6 Å². The lowest BCUT2D eigenvalue weighted by Gasteiger charge is -2.23. The van der Waals surface area contributed by atoms with Crippen molar-refractivity contribution in [2.24, 2.45) is 0 Å². The number of alkyl halides is 3. The molecule has 1 saturated heterocycles. The number of ether oxygens (including phenoxy) is 1. The topological polar surface area (TPSA) is 93.2 Å². The Morgan fingerprint density at radius 1 is 1.10 bits per heavy atom. The summed E-state index contributed by atoms with van der Waals surface area (Å²) in [6, 6.07) is 0. The first-order chi connectivity index (χ1) is 13.7. The average molecular weight is 461 g/mol. The first-order valence-electron chi connectivity index (χ1n) is 9.62. The number of carbonyl (C=O) groups is 2. The van der Waals surface area contributed by atoms with Crippen molar-refractivity contribution in [1.82, 2.24) is 9.80 Å². The average Bonchev–Trinajstić information content (AvgIpc) is 3.17. The number of hydrogen-bond donors (Lipinski definition) is 0. The number of hydrogen-bond acceptors (Lipinski definition) is 6. The summed E-state index contributed by atoms with van der Waals surface area (Å²) in [7, 11) is -5.60. The third-order valence-electron chi connectivity index (χ3n) is 3.61. The van der Waals surface area contributed by atoms with E-state index in [1.165, 1.54) is 4.90 Å². The number of nitrogens with zero attached hydrogens (tertiary/aromatic N) is 2. The molecule has 2 heterocycles. The lowest BCUT2D eigenvalue weighted by atomic mass is 10.2. The van der Waals surface area contributed by atoms with Gasteiger partial charge >= 0.3 is 21.7 Å². The van der Waals surface area contributed by atoms with Gasteiger partial charge in [-0.15, -0.1) is 0 Å². The Labute approximate surface area is 176 Å². The van der Waals surface area contributed by atoms with Crippen LogP contribution in [0.2, 0.25) is 0 Å². The Hall–Kier alpha value is -1.98. The van der Waals surface area contributed by atoms with Gasteiger partial charge in [0.25, 0.3) is 0 Å². The molecule has 0 aromatic heterocycles. The molecule has 0 N–H and O–H groups in total. The van der Waals surface area contributed by atoms with E-state index in [4.69, 9.17) is 4.74 Å². The van der Waals surface area contributed by atoms with Gasteiger partial charge in [-0.3, -0.25) is 4.79 Å². The van der Waals surface area contributed by atoms with Crippen molar-refractivity contribution < 1.29 is 40.1 Å². The van der Waals surface area contributed by atoms with Gasteiger partial charge in [-0.05, 0) is 39.7 Å². The largest absolute Gasteiger partial charge is 0.534 e. The van der Waals surface area contributed by atoms with Crippen LogP contribution in [0.5, 0.6) is 0 Å². The third-order valence-corrected chi connectivity index (χ3v) is 4.61. The number of rotatable bonds is 3. The van der Waals surface area contributed by atoms with Crippen molar-refractivity contribution in [3.8, 4) is 0 Å². The molecule has 2 aliphatic heterocycles. The normalized spacial score (nSPS) is 17.0. The van der Waals surface area contributed by atoms with E-state index in [9.17, 15) is 31.2 Å². The highest BCUT2D eigenvalue weighted by molar-refractivity contribution is 7.87. The van der Waals surface area contributed by atoms with Crippen LogP contribution in [0.3, 0.4) is 0 Å². The number of carbonyl (C=O) groups excluding carboxylic acids is 2. The molecule has 2 amide bonds. The van der Waals surface area contributed by atoms with Crippen LogP contribution in [0.4, 0.5) is 18.0 Å². The minimum absolute atomic E-state index is 0.0339. The Morgan fingerprint density at radius 2 is 1.63 bits per heavy atom. The SMILES string of the molecule is CC.CC(C)(C)OC(=O)N1CCCC1.O=CN1CC=C(OS(=O)(=O)C(F)(F)F)CC1.